The van der Waals surface area contributed by atoms with Gasteiger partial charge in [-0.2, -0.15) is 5.10 Å². The molecule has 25 heavy (non-hydrogen) atoms. The number of hydrogen-bond donors (Lipinski definition) is 1. The molecule has 2 amide bonds. The number of hydrogen-bond acceptors (Lipinski definition) is 5. The van der Waals surface area contributed by atoms with Gasteiger partial charge in [0.05, 0.1) is 5.92 Å². The average molecular weight is 349 g/mol. The monoisotopic (exact) mass is 349 g/mol. The lowest BCUT2D eigenvalue weighted by Crippen LogP contribution is -2.45. The molecule has 138 valence electrons. The maximum absolute atomic E-state index is 12.8. The van der Waals surface area contributed by atoms with Gasteiger partial charge in [-0.3, -0.25) is 19.2 Å². The second-order valence-electron chi connectivity index (χ2n) is 6.78. The van der Waals surface area contributed by atoms with E-state index < -0.39 is 0 Å². The first-order valence-electron chi connectivity index (χ1n) is 8.91. The molecule has 2 fully saturated rings. The van der Waals surface area contributed by atoms with Crippen molar-refractivity contribution in [2.24, 2.45) is 13.0 Å². The van der Waals surface area contributed by atoms with Crippen LogP contribution in [0.1, 0.15) is 23.3 Å². The van der Waals surface area contributed by atoms with Crippen LogP contribution in [0, 0.1) is 5.92 Å². The van der Waals surface area contributed by atoms with Gasteiger partial charge in [0.1, 0.15) is 5.69 Å². The van der Waals surface area contributed by atoms with E-state index in [4.69, 9.17) is 4.74 Å². The Balaban J connectivity index is 1.75. The van der Waals surface area contributed by atoms with Gasteiger partial charge in [0.25, 0.3) is 5.91 Å². The third-order valence-corrected chi connectivity index (χ3v) is 5.10. The number of ether oxygens (including phenoxy) is 1. The Labute approximate surface area is 148 Å². The van der Waals surface area contributed by atoms with Crippen molar-refractivity contribution in [3.8, 4) is 0 Å². The van der Waals surface area contributed by atoms with Crippen LogP contribution >= 0.6 is 0 Å². The van der Waals surface area contributed by atoms with E-state index in [0.717, 1.165) is 32.6 Å². The van der Waals surface area contributed by atoms with Crippen LogP contribution < -0.4 is 5.32 Å². The second kappa shape index (κ2) is 7.97. The molecule has 8 nitrogen and oxygen atoms in total. The molecular formula is C17H27N5O3. The maximum atomic E-state index is 12.8. The molecule has 0 spiro atoms. The van der Waals surface area contributed by atoms with Crippen LogP contribution in [0.3, 0.4) is 0 Å². The van der Waals surface area contributed by atoms with Gasteiger partial charge in [-0.05, 0) is 18.9 Å². The molecule has 2 aliphatic heterocycles. The zero-order valence-corrected chi connectivity index (χ0v) is 15.0. The SMILES string of the molecule is CNC(=O)C1CN(C(=O)c2ccn(C)n2)CCN(C2CCOCC2)C1. The molecular weight excluding hydrogens is 322 g/mol. The normalized spacial score (nSPS) is 23.3. The van der Waals surface area contributed by atoms with E-state index in [1.54, 1.807) is 35.9 Å². The first kappa shape index (κ1) is 17.9. The zero-order valence-electron chi connectivity index (χ0n) is 15.0. The molecule has 2 aliphatic rings. The van der Waals surface area contributed by atoms with Gasteiger partial charge in [-0.1, -0.05) is 0 Å². The number of amides is 2. The lowest BCUT2D eigenvalue weighted by molar-refractivity contribution is -0.125. The number of carbonyl (C=O) groups excluding carboxylic acids is 2. The van der Waals surface area contributed by atoms with Crippen molar-refractivity contribution in [3.63, 3.8) is 0 Å². The van der Waals surface area contributed by atoms with Crippen LogP contribution in [0.4, 0.5) is 0 Å². The van der Waals surface area contributed by atoms with Crippen molar-refractivity contribution >= 4 is 11.8 Å². The average Bonchev–Trinajstić information content (AvgIpc) is 2.95. The third-order valence-electron chi connectivity index (χ3n) is 5.10. The molecule has 1 unspecified atom stereocenters. The fourth-order valence-corrected chi connectivity index (χ4v) is 3.67. The smallest absolute Gasteiger partial charge is 0.274 e. The molecule has 1 atom stereocenters. The minimum atomic E-state index is -0.233. The summed E-state index contributed by atoms with van der Waals surface area (Å²) in [6.07, 6.45) is 3.72. The summed E-state index contributed by atoms with van der Waals surface area (Å²) in [5.41, 5.74) is 0.428. The summed E-state index contributed by atoms with van der Waals surface area (Å²) in [6.45, 7) is 4.02. The second-order valence-corrected chi connectivity index (χ2v) is 6.78. The molecule has 0 saturated carbocycles. The molecule has 1 N–H and O–H groups in total. The summed E-state index contributed by atoms with van der Waals surface area (Å²) in [6, 6.07) is 2.14. The van der Waals surface area contributed by atoms with Crippen LogP contribution in [0.25, 0.3) is 0 Å². The lowest BCUT2D eigenvalue weighted by atomic mass is 10.0. The predicted molar refractivity (Wildman–Crippen MR) is 92.1 cm³/mol. The Morgan fingerprint density at radius 2 is 2.00 bits per heavy atom. The highest BCUT2D eigenvalue weighted by Gasteiger charge is 2.33. The number of rotatable bonds is 3. The highest BCUT2D eigenvalue weighted by Crippen LogP contribution is 2.20. The van der Waals surface area contributed by atoms with Crippen LogP contribution in [0.2, 0.25) is 0 Å². The minimum Gasteiger partial charge on any atom is -0.381 e. The number of nitrogens with zero attached hydrogens (tertiary/aromatic N) is 4. The fourth-order valence-electron chi connectivity index (χ4n) is 3.67. The van der Waals surface area contributed by atoms with E-state index in [-0.39, 0.29) is 17.7 Å². The molecule has 0 radical (unpaired) electrons. The van der Waals surface area contributed by atoms with Gasteiger partial charge in [-0.15, -0.1) is 0 Å². The van der Waals surface area contributed by atoms with Gasteiger partial charge in [0.2, 0.25) is 5.91 Å². The van der Waals surface area contributed by atoms with Gasteiger partial charge >= 0.3 is 0 Å². The van der Waals surface area contributed by atoms with Gasteiger partial charge < -0.3 is 15.0 Å². The maximum Gasteiger partial charge on any atom is 0.274 e. The van der Waals surface area contributed by atoms with Crippen LogP contribution in [-0.4, -0.2) is 83.9 Å². The first-order valence-corrected chi connectivity index (χ1v) is 8.91. The van der Waals surface area contributed by atoms with Crippen molar-refractivity contribution in [2.75, 3.05) is 46.4 Å². The molecule has 8 heteroatoms. The summed E-state index contributed by atoms with van der Waals surface area (Å²) in [7, 11) is 3.44. The van der Waals surface area contributed by atoms with Crippen molar-refractivity contribution in [3.05, 3.63) is 18.0 Å². The van der Waals surface area contributed by atoms with Crippen LogP contribution in [0.5, 0.6) is 0 Å². The Morgan fingerprint density at radius 1 is 1.24 bits per heavy atom. The Morgan fingerprint density at radius 3 is 2.64 bits per heavy atom. The summed E-state index contributed by atoms with van der Waals surface area (Å²) in [4.78, 5) is 29.2. The number of aromatic nitrogens is 2. The van der Waals surface area contributed by atoms with E-state index in [1.807, 2.05) is 0 Å². The fraction of sp³-hybridized carbons (Fsp3) is 0.706. The third kappa shape index (κ3) is 4.19. The number of aryl methyl sites for hydroxylation is 1. The van der Waals surface area contributed by atoms with E-state index in [2.05, 4.69) is 15.3 Å². The zero-order chi connectivity index (χ0) is 17.8. The van der Waals surface area contributed by atoms with Crippen molar-refractivity contribution in [1.82, 2.24) is 24.9 Å². The largest absolute Gasteiger partial charge is 0.381 e. The van der Waals surface area contributed by atoms with Crippen molar-refractivity contribution < 1.29 is 14.3 Å². The molecule has 0 aromatic carbocycles. The van der Waals surface area contributed by atoms with Gasteiger partial charge in [0.15, 0.2) is 0 Å². The minimum absolute atomic E-state index is 0.0159. The lowest BCUT2D eigenvalue weighted by Gasteiger charge is -2.34. The Bertz CT molecular complexity index is 611. The Kier molecular flexibility index (Phi) is 5.70. The molecule has 1 aromatic heterocycles. The van der Waals surface area contributed by atoms with Crippen LogP contribution in [-0.2, 0) is 16.6 Å². The van der Waals surface area contributed by atoms with E-state index in [9.17, 15) is 9.59 Å². The summed E-state index contributed by atoms with van der Waals surface area (Å²) < 4.78 is 7.08. The molecule has 2 saturated heterocycles. The predicted octanol–water partition coefficient (Wildman–Crippen LogP) is -0.281. The molecule has 0 aliphatic carbocycles. The molecule has 1 aromatic rings. The highest BCUT2D eigenvalue weighted by atomic mass is 16.5. The number of nitrogens with one attached hydrogen (secondary N) is 1. The summed E-state index contributed by atoms with van der Waals surface area (Å²) in [5, 5.41) is 6.95. The van der Waals surface area contributed by atoms with E-state index >= 15 is 0 Å². The van der Waals surface area contributed by atoms with Crippen molar-refractivity contribution in [2.45, 2.75) is 18.9 Å². The van der Waals surface area contributed by atoms with E-state index in [0.29, 0.717) is 31.4 Å². The Hall–Kier alpha value is -1.93. The van der Waals surface area contributed by atoms with Gasteiger partial charge in [-0.25, -0.2) is 0 Å². The molecule has 0 bridgehead atoms. The molecule has 3 heterocycles. The van der Waals surface area contributed by atoms with Gasteiger partial charge in [0, 0.05) is 65.7 Å². The highest BCUT2D eigenvalue weighted by molar-refractivity contribution is 5.92. The standard InChI is InChI=1S/C17H27N5O3/c1-18-16(23)13-11-21(14-4-9-25-10-5-14)7-8-22(12-13)17(24)15-3-6-20(2)19-15/h3,6,13-14H,4-5,7-12H2,1-2H3,(H,18,23). The summed E-state index contributed by atoms with van der Waals surface area (Å²) in [5.74, 6) is -0.357. The van der Waals surface area contributed by atoms with Crippen molar-refractivity contribution in [1.29, 1.82) is 0 Å². The molecule has 3 rings (SSSR count). The van der Waals surface area contributed by atoms with E-state index in [1.165, 1.54) is 0 Å². The number of carbonyl (C=O) groups is 2. The van der Waals surface area contributed by atoms with Crippen LogP contribution in [0.15, 0.2) is 12.3 Å². The quantitative estimate of drug-likeness (QED) is 0.812. The topological polar surface area (TPSA) is 79.7 Å². The summed E-state index contributed by atoms with van der Waals surface area (Å²) >= 11 is 0. The first-order chi connectivity index (χ1) is 12.1.